The van der Waals surface area contributed by atoms with Crippen LogP contribution in [0.2, 0.25) is 0 Å². The maximum Gasteiger partial charge on any atom is 0.273 e. The van der Waals surface area contributed by atoms with Gasteiger partial charge in [-0.25, -0.2) is 13.1 Å². The SMILES string of the molecule is CS(=O)(=O)NCCNC(=O)c1cnn(-c2ccccc2)n1. The molecule has 0 atom stereocenters. The Balaban J connectivity index is 1.91. The number of aromatic nitrogens is 3. The minimum atomic E-state index is -3.25. The molecular formula is C12H15N5O3S. The highest BCUT2D eigenvalue weighted by Gasteiger charge is 2.11. The minimum absolute atomic E-state index is 0.122. The number of hydrogen-bond donors (Lipinski definition) is 2. The molecule has 0 aliphatic carbocycles. The maximum atomic E-state index is 11.8. The van der Waals surface area contributed by atoms with Crippen molar-refractivity contribution in [2.24, 2.45) is 0 Å². The number of benzene rings is 1. The third kappa shape index (κ3) is 4.65. The van der Waals surface area contributed by atoms with Crippen LogP contribution in [0, 0.1) is 0 Å². The molecule has 1 aromatic heterocycles. The summed E-state index contributed by atoms with van der Waals surface area (Å²) in [5.74, 6) is -0.410. The number of nitrogens with zero attached hydrogens (tertiary/aromatic N) is 3. The van der Waals surface area contributed by atoms with Gasteiger partial charge in [0.2, 0.25) is 10.0 Å². The van der Waals surface area contributed by atoms with Crippen LogP contribution in [-0.4, -0.2) is 48.7 Å². The van der Waals surface area contributed by atoms with Crippen molar-refractivity contribution in [1.82, 2.24) is 25.0 Å². The lowest BCUT2D eigenvalue weighted by Gasteiger charge is -2.03. The Hall–Kier alpha value is -2.26. The van der Waals surface area contributed by atoms with Crippen molar-refractivity contribution >= 4 is 15.9 Å². The standard InChI is InChI=1S/C12H15N5O3S/c1-21(19,20)15-8-7-13-12(18)11-9-14-17(16-11)10-5-3-2-4-6-10/h2-6,9,15H,7-8H2,1H3,(H,13,18). The van der Waals surface area contributed by atoms with Crippen molar-refractivity contribution in [2.75, 3.05) is 19.3 Å². The zero-order valence-corrected chi connectivity index (χ0v) is 12.2. The zero-order valence-electron chi connectivity index (χ0n) is 11.4. The van der Waals surface area contributed by atoms with Crippen molar-refractivity contribution in [3.63, 3.8) is 0 Å². The summed E-state index contributed by atoms with van der Waals surface area (Å²) in [4.78, 5) is 13.2. The second kappa shape index (κ2) is 6.46. The average molecular weight is 309 g/mol. The monoisotopic (exact) mass is 309 g/mol. The topological polar surface area (TPSA) is 106 Å². The van der Waals surface area contributed by atoms with Crippen LogP contribution in [0.5, 0.6) is 0 Å². The van der Waals surface area contributed by atoms with E-state index in [1.54, 1.807) is 0 Å². The smallest absolute Gasteiger partial charge is 0.273 e. The molecule has 2 aromatic rings. The molecule has 0 saturated heterocycles. The molecule has 0 fully saturated rings. The van der Waals surface area contributed by atoms with E-state index in [1.165, 1.54) is 11.0 Å². The van der Waals surface area contributed by atoms with Crippen LogP contribution >= 0.6 is 0 Å². The van der Waals surface area contributed by atoms with Crippen LogP contribution in [0.1, 0.15) is 10.5 Å². The number of sulfonamides is 1. The molecular weight excluding hydrogens is 294 g/mol. The Morgan fingerprint density at radius 2 is 1.95 bits per heavy atom. The number of carbonyl (C=O) groups excluding carboxylic acids is 1. The molecule has 0 spiro atoms. The fourth-order valence-corrected chi connectivity index (χ4v) is 2.03. The summed E-state index contributed by atoms with van der Waals surface area (Å²) in [6.07, 6.45) is 2.41. The van der Waals surface area contributed by atoms with Gasteiger partial charge in [0.1, 0.15) is 0 Å². The lowest BCUT2D eigenvalue weighted by atomic mass is 10.3. The zero-order chi connectivity index (χ0) is 15.3. The first kappa shape index (κ1) is 15.1. The van der Waals surface area contributed by atoms with E-state index < -0.39 is 15.9 Å². The number of nitrogens with one attached hydrogen (secondary N) is 2. The average Bonchev–Trinajstić information content (AvgIpc) is 2.93. The van der Waals surface area contributed by atoms with Gasteiger partial charge in [0.25, 0.3) is 5.91 Å². The second-order valence-electron chi connectivity index (χ2n) is 4.28. The van der Waals surface area contributed by atoms with Crippen LogP contribution in [-0.2, 0) is 10.0 Å². The predicted octanol–water partition coefficient (Wildman–Crippen LogP) is -0.454. The molecule has 112 valence electrons. The van der Waals surface area contributed by atoms with Crippen molar-refractivity contribution in [3.05, 3.63) is 42.2 Å². The second-order valence-corrected chi connectivity index (χ2v) is 6.11. The molecule has 8 nitrogen and oxygen atoms in total. The predicted molar refractivity (Wildman–Crippen MR) is 76.5 cm³/mol. The third-order valence-corrected chi connectivity index (χ3v) is 3.21. The molecule has 1 aromatic carbocycles. The Kier molecular flexibility index (Phi) is 4.66. The summed E-state index contributed by atoms with van der Waals surface area (Å²) in [5, 5.41) is 10.6. The Morgan fingerprint density at radius 1 is 1.24 bits per heavy atom. The van der Waals surface area contributed by atoms with Crippen molar-refractivity contribution in [1.29, 1.82) is 0 Å². The molecule has 1 amide bonds. The fourth-order valence-electron chi connectivity index (χ4n) is 1.56. The number of carbonyl (C=O) groups is 1. The van der Waals surface area contributed by atoms with Gasteiger partial charge in [-0.15, -0.1) is 5.10 Å². The van der Waals surface area contributed by atoms with Crippen LogP contribution in [0.15, 0.2) is 36.5 Å². The Morgan fingerprint density at radius 3 is 2.62 bits per heavy atom. The van der Waals surface area contributed by atoms with E-state index >= 15 is 0 Å². The summed E-state index contributed by atoms with van der Waals surface area (Å²) < 4.78 is 24.0. The Labute approximate surface area is 122 Å². The van der Waals surface area contributed by atoms with Gasteiger partial charge in [-0.1, -0.05) is 18.2 Å². The van der Waals surface area contributed by atoms with Crippen LogP contribution < -0.4 is 10.0 Å². The first-order valence-corrected chi connectivity index (χ1v) is 8.05. The van der Waals surface area contributed by atoms with E-state index in [2.05, 4.69) is 20.2 Å². The summed E-state index contributed by atoms with van der Waals surface area (Å²) in [7, 11) is -3.25. The summed E-state index contributed by atoms with van der Waals surface area (Å²) in [6.45, 7) is 0.293. The van der Waals surface area contributed by atoms with Crippen molar-refractivity contribution < 1.29 is 13.2 Å². The highest BCUT2D eigenvalue weighted by molar-refractivity contribution is 7.88. The summed E-state index contributed by atoms with van der Waals surface area (Å²) in [5.41, 5.74) is 0.911. The number of rotatable bonds is 6. The fraction of sp³-hybridized carbons (Fsp3) is 0.250. The summed E-state index contributed by atoms with van der Waals surface area (Å²) in [6, 6.07) is 9.19. The van der Waals surface area contributed by atoms with Gasteiger partial charge in [-0.05, 0) is 12.1 Å². The van der Waals surface area contributed by atoms with Gasteiger partial charge in [0.05, 0.1) is 18.1 Å². The number of amides is 1. The first-order valence-electron chi connectivity index (χ1n) is 6.16. The van der Waals surface area contributed by atoms with E-state index in [1.807, 2.05) is 30.3 Å². The molecule has 0 unspecified atom stereocenters. The minimum Gasteiger partial charge on any atom is -0.349 e. The molecule has 2 rings (SSSR count). The molecule has 1 heterocycles. The molecule has 21 heavy (non-hydrogen) atoms. The number of hydrogen-bond acceptors (Lipinski definition) is 5. The molecule has 0 saturated carbocycles. The van der Waals surface area contributed by atoms with Crippen LogP contribution in [0.25, 0.3) is 5.69 Å². The quantitative estimate of drug-likeness (QED) is 0.703. The molecule has 0 radical (unpaired) electrons. The van der Waals surface area contributed by atoms with E-state index in [0.29, 0.717) is 0 Å². The Bertz CT molecular complexity index is 712. The highest BCUT2D eigenvalue weighted by Crippen LogP contribution is 2.03. The van der Waals surface area contributed by atoms with Gasteiger partial charge in [0.15, 0.2) is 5.69 Å². The molecule has 9 heteroatoms. The molecule has 2 N–H and O–H groups in total. The molecule has 0 aliphatic rings. The van der Waals surface area contributed by atoms with Crippen molar-refractivity contribution in [2.45, 2.75) is 0 Å². The van der Waals surface area contributed by atoms with Gasteiger partial charge in [0, 0.05) is 13.1 Å². The first-order chi connectivity index (χ1) is 9.96. The normalized spacial score (nSPS) is 11.3. The van der Waals surface area contributed by atoms with E-state index in [-0.39, 0.29) is 18.8 Å². The van der Waals surface area contributed by atoms with Gasteiger partial charge < -0.3 is 5.32 Å². The maximum absolute atomic E-state index is 11.8. The number of para-hydroxylation sites is 1. The largest absolute Gasteiger partial charge is 0.349 e. The molecule has 0 bridgehead atoms. The lowest BCUT2D eigenvalue weighted by Crippen LogP contribution is -2.34. The third-order valence-electron chi connectivity index (χ3n) is 2.49. The van der Waals surface area contributed by atoms with Gasteiger partial charge >= 0.3 is 0 Å². The molecule has 0 aliphatic heterocycles. The van der Waals surface area contributed by atoms with Gasteiger partial charge in [-0.2, -0.15) is 9.90 Å². The van der Waals surface area contributed by atoms with Crippen LogP contribution in [0.4, 0.5) is 0 Å². The summed E-state index contributed by atoms with van der Waals surface area (Å²) >= 11 is 0. The van der Waals surface area contributed by atoms with Crippen LogP contribution in [0.3, 0.4) is 0 Å². The van der Waals surface area contributed by atoms with E-state index in [9.17, 15) is 13.2 Å². The van der Waals surface area contributed by atoms with Gasteiger partial charge in [-0.3, -0.25) is 4.79 Å². The van der Waals surface area contributed by atoms with E-state index in [4.69, 9.17) is 0 Å². The lowest BCUT2D eigenvalue weighted by molar-refractivity contribution is 0.0949. The van der Waals surface area contributed by atoms with E-state index in [0.717, 1.165) is 11.9 Å². The highest BCUT2D eigenvalue weighted by atomic mass is 32.2. The van der Waals surface area contributed by atoms with Crippen molar-refractivity contribution in [3.8, 4) is 5.69 Å².